The largest absolute Gasteiger partial charge is 0.365 e. The van der Waals surface area contributed by atoms with Gasteiger partial charge in [-0.25, -0.2) is 4.99 Å². The quantitative estimate of drug-likeness (QED) is 0.427. The maximum Gasteiger partial charge on any atom is 0.252 e. The first-order valence-electron chi connectivity index (χ1n) is 8.60. The van der Waals surface area contributed by atoms with Crippen LogP contribution in [0.5, 0.6) is 0 Å². The number of allylic oxidation sites excluding steroid dienone is 1. The van der Waals surface area contributed by atoms with Crippen molar-refractivity contribution in [3.63, 3.8) is 0 Å². The molecule has 0 unspecified atom stereocenters. The van der Waals surface area contributed by atoms with Gasteiger partial charge in [0, 0.05) is 22.2 Å². The van der Waals surface area contributed by atoms with Crippen molar-refractivity contribution in [1.29, 1.82) is 0 Å². The van der Waals surface area contributed by atoms with Crippen molar-refractivity contribution in [3.05, 3.63) is 22.5 Å². The third kappa shape index (κ3) is 3.85. The molecule has 0 heterocycles. The van der Waals surface area contributed by atoms with Crippen LogP contribution in [0.3, 0.4) is 0 Å². The monoisotopic (exact) mass is 317 g/mol. The molecule has 2 N–H and O–H groups in total. The van der Waals surface area contributed by atoms with E-state index in [2.05, 4.69) is 43.1 Å². The highest BCUT2D eigenvalue weighted by atomic mass is 16.2. The van der Waals surface area contributed by atoms with Crippen molar-refractivity contribution in [1.82, 2.24) is 10.6 Å². The number of rotatable bonds is 7. The molecule has 2 fully saturated rings. The van der Waals surface area contributed by atoms with E-state index < -0.39 is 0 Å². The van der Waals surface area contributed by atoms with Gasteiger partial charge in [0.25, 0.3) is 5.91 Å². The number of hydrogen-bond acceptors (Lipinski definition) is 3. The van der Waals surface area contributed by atoms with Gasteiger partial charge in [-0.05, 0) is 66.0 Å². The molecule has 0 aliphatic heterocycles. The van der Waals surface area contributed by atoms with Crippen molar-refractivity contribution >= 4 is 12.6 Å². The minimum atomic E-state index is -0.0181. The second kappa shape index (κ2) is 6.14. The predicted molar refractivity (Wildman–Crippen MR) is 96.3 cm³/mol. The van der Waals surface area contributed by atoms with Crippen molar-refractivity contribution in [2.75, 3.05) is 0 Å². The minimum absolute atomic E-state index is 0.0117. The lowest BCUT2D eigenvalue weighted by molar-refractivity contribution is -0.118. The second-order valence-corrected chi connectivity index (χ2v) is 7.96. The molecule has 1 amide bonds. The number of aliphatic imine (C=N–C) groups is 1. The van der Waals surface area contributed by atoms with Gasteiger partial charge in [-0.3, -0.25) is 4.79 Å². The maximum atomic E-state index is 12.9. The Morgan fingerprint density at radius 3 is 2.00 bits per heavy atom. The van der Waals surface area contributed by atoms with Gasteiger partial charge >= 0.3 is 0 Å². The van der Waals surface area contributed by atoms with Crippen molar-refractivity contribution < 1.29 is 4.79 Å². The summed E-state index contributed by atoms with van der Waals surface area (Å²) < 4.78 is 0. The average molecular weight is 317 g/mol. The number of nitrogens with zero attached hydrogens (tertiary/aromatic N) is 1. The van der Waals surface area contributed by atoms with Crippen LogP contribution in [0.2, 0.25) is 0 Å². The van der Waals surface area contributed by atoms with E-state index in [1.807, 2.05) is 20.8 Å². The Balaban J connectivity index is 2.25. The third-order valence-corrected chi connectivity index (χ3v) is 5.29. The molecule has 4 nitrogen and oxygen atoms in total. The average Bonchev–Trinajstić information content (AvgIpc) is 3.35. The predicted octanol–water partition coefficient (Wildman–Crippen LogP) is 3.70. The first kappa shape index (κ1) is 17.8. The fourth-order valence-electron chi connectivity index (χ4n) is 3.01. The number of hydrogen-bond donors (Lipinski definition) is 2. The molecular weight excluding hydrogens is 286 g/mol. The molecule has 23 heavy (non-hydrogen) atoms. The van der Waals surface area contributed by atoms with Gasteiger partial charge in [0.15, 0.2) is 0 Å². The summed E-state index contributed by atoms with van der Waals surface area (Å²) in [6.45, 7) is 16.1. The highest BCUT2D eigenvalue weighted by Crippen LogP contribution is 2.42. The zero-order chi connectivity index (χ0) is 17.4. The van der Waals surface area contributed by atoms with E-state index in [1.165, 1.54) is 0 Å². The van der Waals surface area contributed by atoms with Crippen LogP contribution in [0.25, 0.3) is 0 Å². The Labute approximate surface area is 140 Å². The fourth-order valence-corrected chi connectivity index (χ4v) is 3.01. The molecule has 0 bridgehead atoms. The van der Waals surface area contributed by atoms with E-state index in [-0.39, 0.29) is 17.0 Å². The summed E-state index contributed by atoms with van der Waals surface area (Å²) in [6.07, 6.45) is 4.40. The van der Waals surface area contributed by atoms with Gasteiger partial charge in [-0.15, -0.1) is 0 Å². The maximum absolute atomic E-state index is 12.9. The molecule has 0 spiro atoms. The van der Waals surface area contributed by atoms with E-state index in [9.17, 15) is 4.79 Å². The minimum Gasteiger partial charge on any atom is -0.365 e. The summed E-state index contributed by atoms with van der Waals surface area (Å²) in [4.78, 5) is 17.0. The molecular formula is C19H31N3O. The van der Waals surface area contributed by atoms with Gasteiger partial charge in [0.1, 0.15) is 5.82 Å². The zero-order valence-electron chi connectivity index (χ0n) is 15.5. The van der Waals surface area contributed by atoms with Gasteiger partial charge in [-0.1, -0.05) is 19.4 Å². The van der Waals surface area contributed by atoms with Crippen LogP contribution >= 0.6 is 0 Å². The fraction of sp³-hybridized carbons (Fsp3) is 0.684. The summed E-state index contributed by atoms with van der Waals surface area (Å²) >= 11 is 0. The SMILES string of the molecule is C=N/C(NC1(C)CC1)=C(\C)C(C(=O)NC1(C(C)C)CC1)=C(C)C. The van der Waals surface area contributed by atoms with E-state index in [0.717, 1.165) is 48.2 Å². The van der Waals surface area contributed by atoms with Crippen LogP contribution in [0, 0.1) is 5.92 Å². The first-order valence-corrected chi connectivity index (χ1v) is 8.60. The molecule has 2 rings (SSSR count). The van der Waals surface area contributed by atoms with Crippen molar-refractivity contribution in [2.24, 2.45) is 10.9 Å². The van der Waals surface area contributed by atoms with E-state index >= 15 is 0 Å². The smallest absolute Gasteiger partial charge is 0.252 e. The number of carbonyl (C=O) groups excluding carboxylic acids is 1. The summed E-state index contributed by atoms with van der Waals surface area (Å²) in [7, 11) is 0. The normalized spacial score (nSPS) is 21.2. The van der Waals surface area contributed by atoms with Crippen LogP contribution in [-0.2, 0) is 4.79 Å². The summed E-state index contributed by atoms with van der Waals surface area (Å²) in [5.74, 6) is 1.19. The molecule has 0 aromatic rings. The summed E-state index contributed by atoms with van der Waals surface area (Å²) in [6, 6.07) is 0. The zero-order valence-corrected chi connectivity index (χ0v) is 15.5. The van der Waals surface area contributed by atoms with E-state index in [4.69, 9.17) is 0 Å². The molecule has 2 aliphatic rings. The van der Waals surface area contributed by atoms with E-state index in [0.29, 0.717) is 5.92 Å². The number of carbonyl (C=O) groups is 1. The van der Waals surface area contributed by atoms with E-state index in [1.54, 1.807) is 0 Å². The topological polar surface area (TPSA) is 53.5 Å². The van der Waals surface area contributed by atoms with Gasteiger partial charge in [-0.2, -0.15) is 0 Å². The lowest BCUT2D eigenvalue weighted by Gasteiger charge is -2.24. The summed E-state index contributed by atoms with van der Waals surface area (Å²) in [5.41, 5.74) is 2.71. The molecule has 0 radical (unpaired) electrons. The number of amides is 1. The molecule has 128 valence electrons. The highest BCUT2D eigenvalue weighted by molar-refractivity contribution is 5.99. The Bertz CT molecular complexity index is 571. The Hall–Kier alpha value is -1.58. The van der Waals surface area contributed by atoms with Gasteiger partial charge in [0.2, 0.25) is 0 Å². The van der Waals surface area contributed by atoms with Gasteiger partial charge in [0.05, 0.1) is 0 Å². The Morgan fingerprint density at radius 1 is 1.09 bits per heavy atom. The van der Waals surface area contributed by atoms with Crippen LogP contribution in [0.1, 0.15) is 67.2 Å². The molecule has 0 atom stereocenters. The first-order chi connectivity index (χ1) is 10.6. The molecule has 0 aromatic heterocycles. The van der Waals surface area contributed by atoms with Crippen molar-refractivity contribution in [3.8, 4) is 0 Å². The lowest BCUT2D eigenvalue weighted by Crippen LogP contribution is -2.42. The summed E-state index contributed by atoms with van der Waals surface area (Å²) in [5, 5.41) is 6.71. The van der Waals surface area contributed by atoms with Crippen LogP contribution in [0.4, 0.5) is 0 Å². The second-order valence-electron chi connectivity index (χ2n) is 7.96. The van der Waals surface area contributed by atoms with Crippen LogP contribution in [-0.4, -0.2) is 23.7 Å². The molecule has 4 heteroatoms. The number of nitrogens with one attached hydrogen (secondary N) is 2. The van der Waals surface area contributed by atoms with Crippen molar-refractivity contribution in [2.45, 2.75) is 78.3 Å². The van der Waals surface area contributed by atoms with Gasteiger partial charge < -0.3 is 10.6 Å². The molecule has 2 aliphatic carbocycles. The van der Waals surface area contributed by atoms with Crippen LogP contribution < -0.4 is 10.6 Å². The highest BCUT2D eigenvalue weighted by Gasteiger charge is 2.47. The molecule has 0 saturated heterocycles. The Kier molecular flexibility index (Phi) is 4.74. The Morgan fingerprint density at radius 2 is 1.65 bits per heavy atom. The molecule has 0 aromatic carbocycles. The van der Waals surface area contributed by atoms with Crippen LogP contribution in [0.15, 0.2) is 27.5 Å². The third-order valence-electron chi connectivity index (χ3n) is 5.29. The lowest BCUT2D eigenvalue weighted by atomic mass is 9.97. The molecule has 2 saturated carbocycles. The standard InChI is InChI=1S/C19H31N3O/c1-12(2)15(17(23)22-19(10-11-19)13(3)4)14(5)16(20-7)21-18(6)8-9-18/h13,21H,7-11H2,1-6H3,(H,22,23)/b16-14-.